The summed E-state index contributed by atoms with van der Waals surface area (Å²) < 4.78 is 32.9. The van der Waals surface area contributed by atoms with E-state index in [9.17, 15) is 13.4 Å². The van der Waals surface area contributed by atoms with Crippen molar-refractivity contribution in [1.29, 1.82) is 0 Å². The second-order valence-electron chi connectivity index (χ2n) is 6.04. The summed E-state index contributed by atoms with van der Waals surface area (Å²) in [5.41, 5.74) is 4.21. The van der Waals surface area contributed by atoms with Crippen molar-refractivity contribution >= 4 is 46.4 Å². The minimum atomic E-state index is -2.04. The Bertz CT molecular complexity index is 1100. The van der Waals surface area contributed by atoms with E-state index in [1.165, 1.54) is 19.2 Å². The van der Waals surface area contributed by atoms with Gasteiger partial charge < -0.3 is 5.32 Å². The molecule has 0 aliphatic heterocycles. The zero-order valence-electron chi connectivity index (χ0n) is 15.6. The lowest BCUT2D eigenvalue weighted by Gasteiger charge is -2.10. The van der Waals surface area contributed by atoms with Crippen molar-refractivity contribution in [3.63, 3.8) is 0 Å². The lowest BCUT2D eigenvalue weighted by molar-refractivity contribution is 0.112. The number of carbonyl (C=O) groups is 1. The molecule has 0 aliphatic rings. The van der Waals surface area contributed by atoms with Crippen molar-refractivity contribution in [2.45, 2.75) is 0 Å². The number of nitrogens with one attached hydrogen (secondary N) is 1. The maximum Gasteiger partial charge on any atom is 0.156 e. The van der Waals surface area contributed by atoms with Crippen LogP contribution in [0.15, 0.2) is 71.1 Å². The topological polar surface area (TPSA) is 67.8 Å². The smallest absolute Gasteiger partial charge is 0.156 e. The molecule has 0 fully saturated rings. The van der Waals surface area contributed by atoms with Gasteiger partial charge in [-0.15, -0.1) is 0 Å². The standard InChI is InChI=1S/C22H19FN2O3S/c1-28-29(27)25-21-10-5-16(6-11-21)2-3-17-4-7-18(15-26)22(14-17)24-20-12-8-19(23)9-13-20/h2-15,24,29H,1H3/b3-2+. The van der Waals surface area contributed by atoms with Gasteiger partial charge in [-0.25, -0.2) is 8.60 Å². The van der Waals surface area contributed by atoms with Crippen LogP contribution in [0.4, 0.5) is 21.5 Å². The fourth-order valence-corrected chi connectivity index (χ4v) is 2.96. The van der Waals surface area contributed by atoms with E-state index in [4.69, 9.17) is 0 Å². The molecule has 3 aromatic rings. The van der Waals surface area contributed by atoms with Gasteiger partial charge in [-0.3, -0.25) is 8.98 Å². The number of carbonyl (C=O) groups excluding carboxylic acids is 1. The van der Waals surface area contributed by atoms with Crippen LogP contribution >= 0.6 is 0 Å². The van der Waals surface area contributed by atoms with Crippen LogP contribution in [-0.2, 0) is 15.1 Å². The van der Waals surface area contributed by atoms with Crippen molar-refractivity contribution in [2.24, 2.45) is 4.36 Å². The van der Waals surface area contributed by atoms with Crippen LogP contribution in [0.1, 0.15) is 21.5 Å². The predicted octanol–water partition coefficient (Wildman–Crippen LogP) is 5.41. The molecule has 1 atom stereocenters. The van der Waals surface area contributed by atoms with Gasteiger partial charge in [0.05, 0.1) is 12.8 Å². The Morgan fingerprint density at radius 1 is 0.966 bits per heavy atom. The van der Waals surface area contributed by atoms with Crippen LogP contribution in [0.3, 0.4) is 0 Å². The fraction of sp³-hybridized carbons (Fsp3) is 0.0455. The van der Waals surface area contributed by atoms with E-state index >= 15 is 0 Å². The van der Waals surface area contributed by atoms with E-state index in [0.29, 0.717) is 22.6 Å². The number of nitrogens with zero attached hydrogens (tertiary/aromatic N) is 1. The van der Waals surface area contributed by atoms with Gasteiger partial charge in [-0.2, -0.15) is 4.36 Å². The van der Waals surface area contributed by atoms with Crippen molar-refractivity contribution < 1.29 is 17.6 Å². The maximum absolute atomic E-state index is 13.1. The van der Waals surface area contributed by atoms with E-state index in [0.717, 1.165) is 17.4 Å². The summed E-state index contributed by atoms with van der Waals surface area (Å²) >= 11 is 0. The summed E-state index contributed by atoms with van der Waals surface area (Å²) in [5.74, 6) is -0.323. The monoisotopic (exact) mass is 410 g/mol. The molecule has 0 saturated heterocycles. The average molecular weight is 410 g/mol. The van der Waals surface area contributed by atoms with Crippen LogP contribution in [0.2, 0.25) is 0 Å². The summed E-state index contributed by atoms with van der Waals surface area (Å²) in [6.45, 7) is 0. The molecule has 7 heteroatoms. The highest BCUT2D eigenvalue weighted by atomic mass is 32.2. The summed E-state index contributed by atoms with van der Waals surface area (Å²) in [6, 6.07) is 18.5. The minimum Gasteiger partial charge on any atom is -0.355 e. The Morgan fingerprint density at radius 3 is 2.28 bits per heavy atom. The third-order valence-electron chi connectivity index (χ3n) is 4.04. The van der Waals surface area contributed by atoms with Gasteiger partial charge in [-0.05, 0) is 59.7 Å². The number of halogens is 1. The van der Waals surface area contributed by atoms with Gasteiger partial charge in [0.25, 0.3) is 0 Å². The number of hydrogen-bond acceptors (Lipinski definition) is 5. The predicted molar refractivity (Wildman–Crippen MR) is 116 cm³/mol. The summed E-state index contributed by atoms with van der Waals surface area (Å²) in [4.78, 5) is 11.3. The average Bonchev–Trinajstić information content (AvgIpc) is 2.75. The van der Waals surface area contributed by atoms with Crippen LogP contribution in [0.25, 0.3) is 12.2 Å². The molecular weight excluding hydrogens is 391 g/mol. The van der Waals surface area contributed by atoms with Crippen molar-refractivity contribution in [3.05, 3.63) is 89.2 Å². The van der Waals surface area contributed by atoms with Crippen LogP contribution in [0, 0.1) is 5.82 Å². The molecule has 0 bridgehead atoms. The lowest BCUT2D eigenvalue weighted by Crippen LogP contribution is -1.96. The van der Waals surface area contributed by atoms with Gasteiger partial charge in [0.2, 0.25) is 0 Å². The van der Waals surface area contributed by atoms with E-state index in [2.05, 4.69) is 13.9 Å². The molecule has 0 saturated carbocycles. The molecule has 3 rings (SSSR count). The first kappa shape index (κ1) is 20.4. The normalized spacial score (nSPS) is 12.2. The van der Waals surface area contributed by atoms with Crippen LogP contribution in [-0.4, -0.2) is 17.6 Å². The third-order valence-corrected chi connectivity index (χ3v) is 4.75. The summed E-state index contributed by atoms with van der Waals surface area (Å²) in [6.07, 6.45) is 4.59. The van der Waals surface area contributed by atoms with E-state index < -0.39 is 10.9 Å². The van der Waals surface area contributed by atoms with Crippen molar-refractivity contribution in [2.75, 3.05) is 12.4 Å². The van der Waals surface area contributed by atoms with Gasteiger partial charge in [0.1, 0.15) is 5.82 Å². The van der Waals surface area contributed by atoms with Crippen LogP contribution < -0.4 is 5.32 Å². The molecule has 1 unspecified atom stereocenters. The van der Waals surface area contributed by atoms with Crippen molar-refractivity contribution in [3.8, 4) is 0 Å². The largest absolute Gasteiger partial charge is 0.355 e. The highest BCUT2D eigenvalue weighted by Gasteiger charge is 2.03. The summed E-state index contributed by atoms with van der Waals surface area (Å²) in [7, 11) is -0.698. The Balaban J connectivity index is 1.79. The zero-order valence-corrected chi connectivity index (χ0v) is 16.5. The first-order chi connectivity index (χ1) is 14.1. The Kier molecular flexibility index (Phi) is 6.89. The second-order valence-corrected chi connectivity index (χ2v) is 7.08. The highest BCUT2D eigenvalue weighted by molar-refractivity contribution is 7.69. The van der Waals surface area contributed by atoms with Crippen molar-refractivity contribution in [1.82, 2.24) is 0 Å². The highest BCUT2D eigenvalue weighted by Crippen LogP contribution is 2.23. The molecule has 0 aromatic heterocycles. The van der Waals surface area contributed by atoms with E-state index in [1.807, 2.05) is 36.4 Å². The molecule has 0 heterocycles. The lowest BCUT2D eigenvalue weighted by atomic mass is 10.1. The first-order valence-electron chi connectivity index (χ1n) is 8.70. The first-order valence-corrected chi connectivity index (χ1v) is 9.83. The van der Waals surface area contributed by atoms with Gasteiger partial charge in [0.15, 0.2) is 17.2 Å². The molecule has 0 amide bonds. The SMILES string of the molecule is CO[SH](=O)=Nc1ccc(/C=C/c2ccc(C=O)c(Nc3ccc(F)cc3)c2)cc1. The van der Waals surface area contributed by atoms with E-state index in [1.54, 1.807) is 30.3 Å². The molecule has 5 nitrogen and oxygen atoms in total. The fourth-order valence-electron chi connectivity index (χ4n) is 2.56. The molecule has 29 heavy (non-hydrogen) atoms. The quantitative estimate of drug-likeness (QED) is 0.310. The zero-order chi connectivity index (χ0) is 20.6. The molecule has 0 radical (unpaired) electrons. The Morgan fingerprint density at radius 2 is 1.62 bits per heavy atom. The minimum absolute atomic E-state index is 0.323. The molecule has 3 aromatic carbocycles. The van der Waals surface area contributed by atoms with E-state index in [-0.39, 0.29) is 5.82 Å². The summed E-state index contributed by atoms with van der Waals surface area (Å²) in [5, 5.41) is 3.14. The third kappa shape index (κ3) is 5.84. The molecule has 1 N–H and O–H groups in total. The maximum atomic E-state index is 13.1. The molecular formula is C22H19FN2O3S. The molecule has 0 spiro atoms. The van der Waals surface area contributed by atoms with Gasteiger partial charge in [-0.1, -0.05) is 30.4 Å². The Hall–Kier alpha value is -3.29. The number of anilines is 2. The molecule has 148 valence electrons. The number of thiol groups is 1. The number of aldehydes is 1. The Labute approximate surface area is 170 Å². The molecule has 0 aliphatic carbocycles. The number of hydrogen-bond donors (Lipinski definition) is 2. The van der Waals surface area contributed by atoms with Crippen LogP contribution in [0.5, 0.6) is 0 Å². The number of benzene rings is 3. The van der Waals surface area contributed by atoms with Gasteiger partial charge in [0, 0.05) is 16.9 Å². The second kappa shape index (κ2) is 9.77. The van der Waals surface area contributed by atoms with Gasteiger partial charge >= 0.3 is 0 Å². The number of rotatable bonds is 7.